The van der Waals surface area contributed by atoms with Gasteiger partial charge in [-0.2, -0.15) is 0 Å². The van der Waals surface area contributed by atoms with Crippen LogP contribution in [0.1, 0.15) is 5.56 Å². The molecule has 0 saturated carbocycles. The van der Waals surface area contributed by atoms with E-state index >= 15 is 0 Å². The molecule has 0 aliphatic carbocycles. The summed E-state index contributed by atoms with van der Waals surface area (Å²) < 4.78 is 15.0. The molecule has 0 N–H and O–H groups in total. The second kappa shape index (κ2) is 5.06. The number of rotatable bonds is 2. The van der Waals surface area contributed by atoms with Gasteiger partial charge in [-0.3, -0.25) is 9.36 Å². The molecule has 3 nitrogen and oxygen atoms in total. The van der Waals surface area contributed by atoms with E-state index in [1.165, 1.54) is 17.0 Å². The number of nitrogens with zero attached hydrogens (tertiary/aromatic N) is 2. The molecule has 0 fully saturated rings. The van der Waals surface area contributed by atoms with E-state index in [0.29, 0.717) is 21.5 Å². The Kier molecular flexibility index (Phi) is 3.24. The zero-order valence-electron chi connectivity index (χ0n) is 10.4. The number of benzene rings is 2. The SMILES string of the molecule is O=c1c2cc(Cl)ccc2ncn1Cc1ccccc1F. The molecule has 1 aromatic heterocycles. The highest BCUT2D eigenvalue weighted by atomic mass is 35.5. The Morgan fingerprint density at radius 2 is 2.00 bits per heavy atom. The summed E-state index contributed by atoms with van der Waals surface area (Å²) in [5, 5.41) is 0.899. The lowest BCUT2D eigenvalue weighted by Crippen LogP contribution is -2.21. The van der Waals surface area contributed by atoms with Crippen molar-refractivity contribution in [1.82, 2.24) is 9.55 Å². The van der Waals surface area contributed by atoms with Gasteiger partial charge in [0.05, 0.1) is 23.8 Å². The van der Waals surface area contributed by atoms with Crippen molar-refractivity contribution in [1.29, 1.82) is 0 Å². The summed E-state index contributed by atoms with van der Waals surface area (Å²) in [6, 6.07) is 11.3. The van der Waals surface area contributed by atoms with E-state index < -0.39 is 0 Å². The fourth-order valence-corrected chi connectivity index (χ4v) is 2.23. The van der Waals surface area contributed by atoms with Crippen LogP contribution in [0.4, 0.5) is 4.39 Å². The zero-order chi connectivity index (χ0) is 14.1. The maximum absolute atomic E-state index is 13.6. The van der Waals surface area contributed by atoms with Crippen LogP contribution in [0.2, 0.25) is 5.02 Å². The Morgan fingerprint density at radius 3 is 2.80 bits per heavy atom. The Labute approximate surface area is 119 Å². The second-order valence-electron chi connectivity index (χ2n) is 4.43. The molecule has 0 atom stereocenters. The van der Waals surface area contributed by atoms with Crippen LogP contribution in [0.25, 0.3) is 10.9 Å². The topological polar surface area (TPSA) is 34.9 Å². The van der Waals surface area contributed by atoms with Gasteiger partial charge in [-0.15, -0.1) is 0 Å². The fraction of sp³-hybridized carbons (Fsp3) is 0.0667. The molecule has 100 valence electrons. The van der Waals surface area contributed by atoms with Gasteiger partial charge in [-0.1, -0.05) is 29.8 Å². The minimum atomic E-state index is -0.342. The second-order valence-corrected chi connectivity index (χ2v) is 4.87. The van der Waals surface area contributed by atoms with Gasteiger partial charge in [-0.25, -0.2) is 9.37 Å². The number of halogens is 2. The van der Waals surface area contributed by atoms with Gasteiger partial charge < -0.3 is 0 Å². The summed E-state index contributed by atoms with van der Waals surface area (Å²) >= 11 is 5.89. The molecule has 20 heavy (non-hydrogen) atoms. The molecule has 0 radical (unpaired) electrons. The lowest BCUT2D eigenvalue weighted by molar-refractivity contribution is 0.595. The quantitative estimate of drug-likeness (QED) is 0.725. The van der Waals surface area contributed by atoms with Gasteiger partial charge in [-0.05, 0) is 24.3 Å². The van der Waals surface area contributed by atoms with Crippen molar-refractivity contribution in [3.63, 3.8) is 0 Å². The van der Waals surface area contributed by atoms with E-state index in [-0.39, 0.29) is 17.9 Å². The molecule has 0 amide bonds. The Morgan fingerprint density at radius 1 is 1.20 bits per heavy atom. The van der Waals surface area contributed by atoms with Crippen molar-refractivity contribution >= 4 is 22.5 Å². The van der Waals surface area contributed by atoms with Gasteiger partial charge in [0.15, 0.2) is 0 Å². The maximum atomic E-state index is 13.6. The third kappa shape index (κ3) is 2.30. The van der Waals surface area contributed by atoms with Crippen LogP contribution in [0.15, 0.2) is 53.6 Å². The third-order valence-corrected chi connectivity index (χ3v) is 3.32. The van der Waals surface area contributed by atoms with Crippen LogP contribution in [0, 0.1) is 5.82 Å². The van der Waals surface area contributed by atoms with Crippen LogP contribution in [0.3, 0.4) is 0 Å². The molecule has 1 heterocycles. The van der Waals surface area contributed by atoms with Crippen molar-refractivity contribution in [2.45, 2.75) is 6.54 Å². The standard InChI is InChI=1S/C15H10ClFN2O/c16-11-5-6-14-12(7-11)15(20)19(9-18-14)8-10-3-1-2-4-13(10)17/h1-7,9H,8H2. The summed E-state index contributed by atoms with van der Waals surface area (Å²) in [6.45, 7) is 0.140. The average Bonchev–Trinajstić information content (AvgIpc) is 2.45. The molecule has 0 aliphatic heterocycles. The van der Waals surface area contributed by atoms with E-state index in [2.05, 4.69) is 4.98 Å². The number of fused-ring (bicyclic) bond motifs is 1. The predicted octanol–water partition coefficient (Wildman–Crippen LogP) is 3.24. The minimum absolute atomic E-state index is 0.140. The fourth-order valence-electron chi connectivity index (χ4n) is 2.05. The minimum Gasteiger partial charge on any atom is -0.294 e. The van der Waals surface area contributed by atoms with Crippen molar-refractivity contribution in [2.24, 2.45) is 0 Å². The van der Waals surface area contributed by atoms with Crippen molar-refractivity contribution in [3.05, 3.63) is 75.5 Å². The number of hydrogen-bond acceptors (Lipinski definition) is 2. The van der Waals surface area contributed by atoms with Gasteiger partial charge in [0.2, 0.25) is 0 Å². The molecule has 0 saturated heterocycles. The van der Waals surface area contributed by atoms with Crippen molar-refractivity contribution < 1.29 is 4.39 Å². The predicted molar refractivity (Wildman–Crippen MR) is 76.5 cm³/mol. The molecule has 3 aromatic rings. The van der Waals surface area contributed by atoms with Gasteiger partial charge in [0.1, 0.15) is 5.82 Å². The highest BCUT2D eigenvalue weighted by Gasteiger charge is 2.07. The Bertz CT molecular complexity index is 845. The van der Waals surface area contributed by atoms with Gasteiger partial charge in [0.25, 0.3) is 5.56 Å². The first-order valence-electron chi connectivity index (χ1n) is 6.03. The summed E-state index contributed by atoms with van der Waals surface area (Å²) in [6.07, 6.45) is 1.42. The summed E-state index contributed by atoms with van der Waals surface area (Å²) in [7, 11) is 0. The summed E-state index contributed by atoms with van der Waals surface area (Å²) in [4.78, 5) is 16.5. The van der Waals surface area contributed by atoms with E-state index in [1.807, 2.05) is 0 Å². The zero-order valence-corrected chi connectivity index (χ0v) is 11.1. The summed E-state index contributed by atoms with van der Waals surface area (Å²) in [5.41, 5.74) is 0.780. The largest absolute Gasteiger partial charge is 0.294 e. The molecule has 0 aliphatic rings. The van der Waals surface area contributed by atoms with Crippen LogP contribution in [-0.2, 0) is 6.54 Å². The average molecular weight is 289 g/mol. The molecule has 5 heteroatoms. The van der Waals surface area contributed by atoms with E-state index in [4.69, 9.17) is 11.6 Å². The third-order valence-electron chi connectivity index (χ3n) is 3.08. The van der Waals surface area contributed by atoms with E-state index in [1.54, 1.807) is 36.4 Å². The van der Waals surface area contributed by atoms with Crippen LogP contribution in [-0.4, -0.2) is 9.55 Å². The smallest absolute Gasteiger partial charge is 0.261 e. The first-order valence-corrected chi connectivity index (χ1v) is 6.41. The monoisotopic (exact) mass is 288 g/mol. The van der Waals surface area contributed by atoms with Crippen LogP contribution in [0.5, 0.6) is 0 Å². The Balaban J connectivity index is 2.11. The molecular weight excluding hydrogens is 279 g/mol. The molecular formula is C15H10ClFN2O. The van der Waals surface area contributed by atoms with Crippen LogP contribution < -0.4 is 5.56 Å². The van der Waals surface area contributed by atoms with Gasteiger partial charge in [0, 0.05) is 10.6 Å². The summed E-state index contributed by atoms with van der Waals surface area (Å²) in [5.74, 6) is -0.342. The molecule has 0 unspecified atom stereocenters. The number of hydrogen-bond donors (Lipinski definition) is 0. The van der Waals surface area contributed by atoms with E-state index in [0.717, 1.165) is 0 Å². The first kappa shape index (κ1) is 12.8. The number of aromatic nitrogens is 2. The lowest BCUT2D eigenvalue weighted by Gasteiger charge is -2.07. The van der Waals surface area contributed by atoms with Crippen molar-refractivity contribution in [2.75, 3.05) is 0 Å². The van der Waals surface area contributed by atoms with Crippen LogP contribution >= 0.6 is 11.6 Å². The van der Waals surface area contributed by atoms with Gasteiger partial charge >= 0.3 is 0 Å². The van der Waals surface area contributed by atoms with Crippen molar-refractivity contribution in [3.8, 4) is 0 Å². The highest BCUT2D eigenvalue weighted by molar-refractivity contribution is 6.31. The molecule has 3 rings (SSSR count). The first-order chi connectivity index (χ1) is 9.65. The molecule has 2 aromatic carbocycles. The molecule has 0 bridgehead atoms. The van der Waals surface area contributed by atoms with E-state index in [9.17, 15) is 9.18 Å². The molecule has 0 spiro atoms. The maximum Gasteiger partial charge on any atom is 0.261 e. The lowest BCUT2D eigenvalue weighted by atomic mass is 10.2. The normalized spacial score (nSPS) is 10.9. The Hall–Kier alpha value is -2.20. The highest BCUT2D eigenvalue weighted by Crippen LogP contribution is 2.14.